The quantitative estimate of drug-likeness (QED) is 0.278. The molecular weight excluding hydrogens is 514 g/mol. The lowest BCUT2D eigenvalue weighted by Gasteiger charge is -2.27. The molecule has 2 amide bonds. The van der Waals surface area contributed by atoms with Gasteiger partial charge in [-0.15, -0.1) is 0 Å². The number of rotatable bonds is 12. The van der Waals surface area contributed by atoms with Crippen molar-refractivity contribution in [2.45, 2.75) is 71.2 Å². The van der Waals surface area contributed by atoms with Crippen molar-refractivity contribution >= 4 is 23.2 Å². The number of carbonyl (C=O) groups excluding carboxylic acids is 2. The van der Waals surface area contributed by atoms with E-state index in [2.05, 4.69) is 17.2 Å². The van der Waals surface area contributed by atoms with Gasteiger partial charge in [-0.25, -0.2) is 0 Å². The van der Waals surface area contributed by atoms with E-state index in [9.17, 15) is 14.7 Å². The molecule has 1 fully saturated rings. The summed E-state index contributed by atoms with van der Waals surface area (Å²) in [4.78, 5) is 34.0. The largest absolute Gasteiger partial charge is 0.457 e. The molecule has 0 aromatic heterocycles. The van der Waals surface area contributed by atoms with Crippen LogP contribution in [0.2, 0.25) is 0 Å². The number of aliphatic hydroxyl groups is 1. The minimum atomic E-state index is -1.08. The second kappa shape index (κ2) is 13.1. The Morgan fingerprint density at radius 2 is 1.78 bits per heavy atom. The molecular formula is C34H39N3O4. The molecule has 3 atom stereocenters. The molecule has 214 valence electrons. The van der Waals surface area contributed by atoms with Gasteiger partial charge in [-0.3, -0.25) is 14.6 Å². The van der Waals surface area contributed by atoms with Gasteiger partial charge in [0.25, 0.3) is 5.91 Å². The predicted molar refractivity (Wildman–Crippen MR) is 161 cm³/mol. The SMILES string of the molecule is CCCC[C@H](O)[C@@H](CC1CC1)C(=O)NC1N=C(C)c2ccccc2N(Cc2cccc(Oc3ccccc3)c2)C1=O. The number of carbonyl (C=O) groups is 2. The number of nitrogens with one attached hydrogen (secondary N) is 1. The fraction of sp³-hybridized carbons (Fsp3) is 0.382. The second-order valence-electron chi connectivity index (χ2n) is 11.1. The summed E-state index contributed by atoms with van der Waals surface area (Å²) in [7, 11) is 0. The van der Waals surface area contributed by atoms with Gasteiger partial charge in [-0.1, -0.05) is 81.1 Å². The maximum Gasteiger partial charge on any atom is 0.272 e. The highest BCUT2D eigenvalue weighted by Gasteiger charge is 2.37. The van der Waals surface area contributed by atoms with Crippen LogP contribution in [0.4, 0.5) is 5.69 Å². The van der Waals surface area contributed by atoms with E-state index in [-0.39, 0.29) is 18.4 Å². The van der Waals surface area contributed by atoms with Gasteiger partial charge in [0, 0.05) is 11.3 Å². The van der Waals surface area contributed by atoms with Crippen molar-refractivity contribution in [1.82, 2.24) is 5.32 Å². The van der Waals surface area contributed by atoms with Crippen LogP contribution in [0, 0.1) is 11.8 Å². The van der Waals surface area contributed by atoms with E-state index in [4.69, 9.17) is 4.74 Å². The Kier molecular flexibility index (Phi) is 9.14. The Hall–Kier alpha value is -3.97. The van der Waals surface area contributed by atoms with E-state index < -0.39 is 18.2 Å². The standard InChI is InChI=1S/C34H39N3O4/c1-3-4-17-31(38)29(21-24-18-19-24)33(39)36-32-34(40)37(30-16-9-8-15-28(30)23(2)35-32)22-25-11-10-14-27(20-25)41-26-12-6-5-7-13-26/h5-16,20,24,29,31-32,38H,3-4,17-19,21-22H2,1-2H3,(H,36,39)/t29-,31+,32?/m1/s1. The fourth-order valence-corrected chi connectivity index (χ4v) is 5.38. The third-order valence-corrected chi connectivity index (χ3v) is 7.84. The van der Waals surface area contributed by atoms with Crippen LogP contribution in [0.5, 0.6) is 11.5 Å². The molecule has 41 heavy (non-hydrogen) atoms. The third-order valence-electron chi connectivity index (χ3n) is 7.84. The van der Waals surface area contributed by atoms with Crippen molar-refractivity contribution < 1.29 is 19.4 Å². The average molecular weight is 554 g/mol. The van der Waals surface area contributed by atoms with Crippen LogP contribution in [0.25, 0.3) is 0 Å². The van der Waals surface area contributed by atoms with Crippen molar-refractivity contribution in [2.24, 2.45) is 16.8 Å². The first-order valence-electron chi connectivity index (χ1n) is 14.7. The monoisotopic (exact) mass is 553 g/mol. The number of ether oxygens (including phenoxy) is 1. The summed E-state index contributed by atoms with van der Waals surface area (Å²) in [5, 5.41) is 13.8. The number of anilines is 1. The maximum absolute atomic E-state index is 14.1. The van der Waals surface area contributed by atoms with Gasteiger partial charge < -0.3 is 20.1 Å². The molecule has 7 heteroatoms. The Bertz CT molecular complexity index is 1390. The minimum Gasteiger partial charge on any atom is -0.457 e. The number of hydrogen-bond donors (Lipinski definition) is 2. The van der Waals surface area contributed by atoms with Crippen molar-refractivity contribution in [2.75, 3.05) is 4.90 Å². The average Bonchev–Trinajstić information content (AvgIpc) is 3.82. The predicted octanol–water partition coefficient (Wildman–Crippen LogP) is 6.24. The second-order valence-corrected chi connectivity index (χ2v) is 11.1. The summed E-state index contributed by atoms with van der Waals surface area (Å²) in [6.07, 6.45) is 3.36. The van der Waals surface area contributed by atoms with Crippen LogP contribution >= 0.6 is 0 Å². The summed E-state index contributed by atoms with van der Waals surface area (Å²) in [5.41, 5.74) is 3.13. The molecule has 0 radical (unpaired) electrons. The van der Waals surface area contributed by atoms with Crippen LogP contribution in [0.15, 0.2) is 83.9 Å². The molecule has 5 rings (SSSR count). The molecule has 7 nitrogen and oxygen atoms in total. The number of para-hydroxylation sites is 2. The molecule has 0 bridgehead atoms. The fourth-order valence-electron chi connectivity index (χ4n) is 5.38. The van der Waals surface area contributed by atoms with Gasteiger partial charge in [-0.05, 0) is 61.6 Å². The Balaban J connectivity index is 1.39. The molecule has 0 saturated heterocycles. The van der Waals surface area contributed by atoms with Crippen molar-refractivity contribution in [3.05, 3.63) is 90.0 Å². The van der Waals surface area contributed by atoms with Crippen LogP contribution in [-0.4, -0.2) is 34.9 Å². The molecule has 0 spiro atoms. The first-order chi connectivity index (χ1) is 19.9. The molecule has 2 aliphatic rings. The number of aliphatic imine (C=N–C) groups is 1. The summed E-state index contributed by atoms with van der Waals surface area (Å²) in [5.74, 6) is 0.691. The van der Waals surface area contributed by atoms with Crippen molar-refractivity contribution in [3.8, 4) is 11.5 Å². The molecule has 1 saturated carbocycles. The van der Waals surface area contributed by atoms with E-state index in [0.717, 1.165) is 48.2 Å². The Labute approximate surface area is 242 Å². The summed E-state index contributed by atoms with van der Waals surface area (Å²) >= 11 is 0. The Morgan fingerprint density at radius 1 is 1.05 bits per heavy atom. The van der Waals surface area contributed by atoms with E-state index in [1.165, 1.54) is 0 Å². The highest BCUT2D eigenvalue weighted by atomic mass is 16.5. The lowest BCUT2D eigenvalue weighted by molar-refractivity contribution is -0.133. The highest BCUT2D eigenvalue weighted by Crippen LogP contribution is 2.37. The zero-order valence-corrected chi connectivity index (χ0v) is 23.8. The number of benzene rings is 3. The molecule has 1 aliphatic carbocycles. The van der Waals surface area contributed by atoms with Gasteiger partial charge in [0.15, 0.2) is 0 Å². The number of hydrogen-bond acceptors (Lipinski definition) is 5. The topological polar surface area (TPSA) is 91.2 Å². The third kappa shape index (κ3) is 7.22. The zero-order valence-electron chi connectivity index (χ0n) is 23.8. The van der Waals surface area contributed by atoms with E-state index >= 15 is 0 Å². The molecule has 1 heterocycles. The van der Waals surface area contributed by atoms with E-state index in [0.29, 0.717) is 30.2 Å². The number of benzodiazepines with no additional fused rings is 1. The van der Waals surface area contributed by atoms with Gasteiger partial charge in [0.2, 0.25) is 12.1 Å². The molecule has 3 aromatic rings. The van der Waals surface area contributed by atoms with E-state index in [1.807, 2.05) is 85.8 Å². The van der Waals surface area contributed by atoms with Gasteiger partial charge in [-0.2, -0.15) is 0 Å². The highest BCUT2D eigenvalue weighted by molar-refractivity contribution is 6.12. The number of aliphatic hydroxyl groups excluding tert-OH is 1. The number of unbranched alkanes of at least 4 members (excludes halogenated alkanes) is 1. The first-order valence-corrected chi connectivity index (χ1v) is 14.7. The zero-order chi connectivity index (χ0) is 28.8. The first kappa shape index (κ1) is 28.6. The molecule has 1 unspecified atom stereocenters. The van der Waals surface area contributed by atoms with Gasteiger partial charge >= 0.3 is 0 Å². The molecule has 2 N–H and O–H groups in total. The minimum absolute atomic E-state index is 0.279. The summed E-state index contributed by atoms with van der Waals surface area (Å²) in [6, 6.07) is 24.9. The Morgan fingerprint density at radius 3 is 2.54 bits per heavy atom. The summed E-state index contributed by atoms with van der Waals surface area (Å²) in [6.45, 7) is 4.21. The smallest absolute Gasteiger partial charge is 0.272 e. The maximum atomic E-state index is 14.1. The van der Waals surface area contributed by atoms with E-state index in [1.54, 1.807) is 4.90 Å². The van der Waals surface area contributed by atoms with Crippen LogP contribution in [-0.2, 0) is 16.1 Å². The van der Waals surface area contributed by atoms with Gasteiger partial charge in [0.05, 0.1) is 24.3 Å². The van der Waals surface area contributed by atoms with Crippen LogP contribution in [0.1, 0.15) is 63.5 Å². The van der Waals surface area contributed by atoms with Gasteiger partial charge in [0.1, 0.15) is 11.5 Å². The van der Waals surface area contributed by atoms with Crippen molar-refractivity contribution in [3.63, 3.8) is 0 Å². The van der Waals surface area contributed by atoms with Crippen LogP contribution < -0.4 is 15.0 Å². The number of amides is 2. The van der Waals surface area contributed by atoms with Crippen molar-refractivity contribution in [1.29, 1.82) is 0 Å². The van der Waals surface area contributed by atoms with Crippen LogP contribution in [0.3, 0.4) is 0 Å². The molecule has 1 aliphatic heterocycles. The lowest BCUT2D eigenvalue weighted by atomic mass is 9.91. The normalized spacial score (nSPS) is 18.1. The lowest BCUT2D eigenvalue weighted by Crippen LogP contribution is -2.50. The number of fused-ring (bicyclic) bond motifs is 1. The summed E-state index contributed by atoms with van der Waals surface area (Å²) < 4.78 is 6.03. The number of nitrogens with zero attached hydrogens (tertiary/aromatic N) is 2. The molecule has 3 aromatic carbocycles.